The Morgan fingerprint density at radius 3 is 2.94 bits per heavy atom. The Labute approximate surface area is 103 Å². The molecular weight excluding hydrogens is 216 g/mol. The molecule has 0 bridgehead atoms. The number of hydrogen-bond acceptors (Lipinski definition) is 4. The summed E-state index contributed by atoms with van der Waals surface area (Å²) in [7, 11) is 0. The standard InChI is InChI=1S/C12H22N4O/c1-12(2)10-15(9-11(8-13)17-12)6-7-16-5-3-4-14-16/h3-5,11H,6-10,13H2,1-2H3. The van der Waals surface area contributed by atoms with Crippen LogP contribution in [0.3, 0.4) is 0 Å². The molecule has 0 aliphatic carbocycles. The maximum atomic E-state index is 5.90. The van der Waals surface area contributed by atoms with Crippen LogP contribution in [0.5, 0.6) is 0 Å². The van der Waals surface area contributed by atoms with E-state index in [1.165, 1.54) is 0 Å². The summed E-state index contributed by atoms with van der Waals surface area (Å²) in [5.74, 6) is 0. The van der Waals surface area contributed by atoms with Gasteiger partial charge in [0.2, 0.25) is 0 Å². The Morgan fingerprint density at radius 1 is 1.47 bits per heavy atom. The lowest BCUT2D eigenvalue weighted by molar-refractivity contribution is -0.132. The van der Waals surface area contributed by atoms with Gasteiger partial charge in [-0.25, -0.2) is 0 Å². The van der Waals surface area contributed by atoms with Gasteiger partial charge in [-0.2, -0.15) is 5.10 Å². The Kier molecular flexibility index (Phi) is 3.81. The summed E-state index contributed by atoms with van der Waals surface area (Å²) in [5, 5.41) is 4.21. The molecule has 2 N–H and O–H groups in total. The van der Waals surface area contributed by atoms with Crippen LogP contribution in [0, 0.1) is 0 Å². The lowest BCUT2D eigenvalue weighted by atomic mass is 10.1. The summed E-state index contributed by atoms with van der Waals surface area (Å²) >= 11 is 0. The van der Waals surface area contributed by atoms with Crippen LogP contribution in [0.4, 0.5) is 0 Å². The molecule has 1 aliphatic rings. The van der Waals surface area contributed by atoms with Crippen LogP contribution in [0.25, 0.3) is 0 Å². The van der Waals surface area contributed by atoms with Gasteiger partial charge in [-0.15, -0.1) is 0 Å². The van der Waals surface area contributed by atoms with Gasteiger partial charge in [-0.1, -0.05) is 0 Å². The highest BCUT2D eigenvalue weighted by Crippen LogP contribution is 2.20. The molecule has 96 valence electrons. The quantitative estimate of drug-likeness (QED) is 0.821. The topological polar surface area (TPSA) is 56.3 Å². The van der Waals surface area contributed by atoms with Gasteiger partial charge in [0.15, 0.2) is 0 Å². The van der Waals surface area contributed by atoms with Crippen molar-refractivity contribution in [3.8, 4) is 0 Å². The van der Waals surface area contributed by atoms with Crippen LogP contribution in [-0.4, -0.2) is 52.6 Å². The van der Waals surface area contributed by atoms with Gasteiger partial charge in [0.05, 0.1) is 18.2 Å². The number of nitrogens with two attached hydrogens (primary N) is 1. The van der Waals surface area contributed by atoms with Crippen LogP contribution < -0.4 is 5.73 Å². The second-order valence-electron chi connectivity index (χ2n) is 5.24. The first-order valence-electron chi connectivity index (χ1n) is 6.17. The zero-order chi connectivity index (χ0) is 12.3. The highest BCUT2D eigenvalue weighted by molar-refractivity contribution is 4.85. The minimum Gasteiger partial charge on any atom is -0.368 e. The number of morpholine rings is 1. The van der Waals surface area contributed by atoms with E-state index < -0.39 is 0 Å². The zero-order valence-electron chi connectivity index (χ0n) is 10.7. The molecule has 0 radical (unpaired) electrons. The normalized spacial score (nSPS) is 25.0. The van der Waals surface area contributed by atoms with Crippen molar-refractivity contribution < 1.29 is 4.74 Å². The molecule has 1 aliphatic heterocycles. The molecule has 1 fully saturated rings. The molecule has 2 rings (SSSR count). The van der Waals surface area contributed by atoms with Crippen molar-refractivity contribution in [2.45, 2.75) is 32.1 Å². The molecule has 5 heteroatoms. The lowest BCUT2D eigenvalue weighted by Gasteiger charge is -2.42. The molecule has 1 atom stereocenters. The second kappa shape index (κ2) is 5.16. The molecule has 1 aromatic heterocycles. The fourth-order valence-corrected chi connectivity index (χ4v) is 2.39. The monoisotopic (exact) mass is 238 g/mol. The van der Waals surface area contributed by atoms with E-state index in [0.29, 0.717) is 6.54 Å². The third-order valence-electron chi connectivity index (χ3n) is 3.02. The fourth-order valence-electron chi connectivity index (χ4n) is 2.39. The van der Waals surface area contributed by atoms with E-state index >= 15 is 0 Å². The van der Waals surface area contributed by atoms with Crippen LogP contribution in [0.2, 0.25) is 0 Å². The zero-order valence-corrected chi connectivity index (χ0v) is 10.7. The summed E-state index contributed by atoms with van der Waals surface area (Å²) in [6.45, 7) is 8.60. The van der Waals surface area contributed by atoms with Crippen molar-refractivity contribution in [2.75, 3.05) is 26.2 Å². The fraction of sp³-hybridized carbons (Fsp3) is 0.750. The van der Waals surface area contributed by atoms with E-state index in [2.05, 4.69) is 23.8 Å². The number of ether oxygens (including phenoxy) is 1. The summed E-state index contributed by atoms with van der Waals surface area (Å²) in [5.41, 5.74) is 5.60. The largest absolute Gasteiger partial charge is 0.368 e. The molecule has 1 unspecified atom stereocenters. The van der Waals surface area contributed by atoms with Gasteiger partial charge in [0.25, 0.3) is 0 Å². The van der Waals surface area contributed by atoms with Crippen molar-refractivity contribution in [3.63, 3.8) is 0 Å². The third kappa shape index (κ3) is 3.52. The molecule has 17 heavy (non-hydrogen) atoms. The minimum absolute atomic E-state index is 0.105. The Bertz CT molecular complexity index is 336. The van der Waals surface area contributed by atoms with Crippen molar-refractivity contribution >= 4 is 0 Å². The van der Waals surface area contributed by atoms with Gasteiger partial charge in [-0.05, 0) is 19.9 Å². The van der Waals surface area contributed by atoms with Gasteiger partial charge < -0.3 is 10.5 Å². The predicted molar refractivity (Wildman–Crippen MR) is 66.7 cm³/mol. The van der Waals surface area contributed by atoms with Crippen molar-refractivity contribution in [2.24, 2.45) is 5.73 Å². The number of rotatable bonds is 4. The average Bonchev–Trinajstić information content (AvgIpc) is 2.77. The average molecular weight is 238 g/mol. The van der Waals surface area contributed by atoms with Crippen LogP contribution >= 0.6 is 0 Å². The van der Waals surface area contributed by atoms with E-state index in [9.17, 15) is 0 Å². The van der Waals surface area contributed by atoms with Crippen molar-refractivity contribution in [1.29, 1.82) is 0 Å². The number of nitrogens with zero attached hydrogens (tertiary/aromatic N) is 3. The molecular formula is C12H22N4O. The van der Waals surface area contributed by atoms with Crippen LogP contribution in [0.1, 0.15) is 13.8 Å². The Hall–Kier alpha value is -0.910. The van der Waals surface area contributed by atoms with Crippen molar-refractivity contribution in [1.82, 2.24) is 14.7 Å². The lowest BCUT2D eigenvalue weighted by Crippen LogP contribution is -2.55. The Balaban J connectivity index is 1.87. The summed E-state index contributed by atoms with van der Waals surface area (Å²) in [6.07, 6.45) is 3.95. The summed E-state index contributed by atoms with van der Waals surface area (Å²) in [6, 6.07) is 1.95. The van der Waals surface area contributed by atoms with Crippen molar-refractivity contribution in [3.05, 3.63) is 18.5 Å². The first-order valence-corrected chi connectivity index (χ1v) is 6.17. The molecule has 0 saturated carbocycles. The maximum absolute atomic E-state index is 5.90. The highest BCUT2D eigenvalue weighted by atomic mass is 16.5. The van der Waals surface area contributed by atoms with Gasteiger partial charge in [0.1, 0.15) is 0 Å². The predicted octanol–water partition coefficient (Wildman–Crippen LogP) is 0.321. The van der Waals surface area contributed by atoms with Crippen LogP contribution in [-0.2, 0) is 11.3 Å². The van der Waals surface area contributed by atoms with Gasteiger partial charge in [-0.3, -0.25) is 9.58 Å². The van der Waals surface area contributed by atoms with Gasteiger partial charge >= 0.3 is 0 Å². The smallest absolute Gasteiger partial charge is 0.0831 e. The van der Waals surface area contributed by atoms with Gasteiger partial charge in [0, 0.05) is 38.6 Å². The second-order valence-corrected chi connectivity index (χ2v) is 5.24. The molecule has 1 saturated heterocycles. The van der Waals surface area contributed by atoms with E-state index in [0.717, 1.165) is 26.2 Å². The SMILES string of the molecule is CC1(C)CN(CCn2cccn2)CC(CN)O1. The van der Waals surface area contributed by atoms with E-state index in [4.69, 9.17) is 10.5 Å². The first kappa shape index (κ1) is 12.5. The molecule has 0 spiro atoms. The highest BCUT2D eigenvalue weighted by Gasteiger charge is 2.32. The van der Waals surface area contributed by atoms with E-state index in [-0.39, 0.29) is 11.7 Å². The summed E-state index contributed by atoms with van der Waals surface area (Å²) in [4.78, 5) is 2.41. The Morgan fingerprint density at radius 2 is 2.29 bits per heavy atom. The molecule has 1 aromatic rings. The molecule has 0 amide bonds. The first-order chi connectivity index (χ1) is 8.09. The molecule has 5 nitrogen and oxygen atoms in total. The third-order valence-corrected chi connectivity index (χ3v) is 3.02. The number of hydrogen-bond donors (Lipinski definition) is 1. The van der Waals surface area contributed by atoms with E-state index in [1.807, 2.05) is 23.1 Å². The summed E-state index contributed by atoms with van der Waals surface area (Å²) < 4.78 is 7.86. The molecule has 0 aromatic carbocycles. The minimum atomic E-state index is -0.105. The van der Waals surface area contributed by atoms with E-state index in [1.54, 1.807) is 0 Å². The van der Waals surface area contributed by atoms with Crippen LogP contribution in [0.15, 0.2) is 18.5 Å². The maximum Gasteiger partial charge on any atom is 0.0831 e. The number of aromatic nitrogens is 2. The molecule has 2 heterocycles.